The number of halogens is 1. The molecule has 2 aromatic carbocycles. The molecule has 0 aliphatic carbocycles. The Labute approximate surface area is 166 Å². The molecule has 2 amide bonds. The highest BCUT2D eigenvalue weighted by Gasteiger charge is 2.30. The summed E-state index contributed by atoms with van der Waals surface area (Å²) in [4.78, 5) is 26.6. The molecular weight excluding hydrogens is 362 g/mol. The molecule has 5 nitrogen and oxygen atoms in total. The molecule has 1 fully saturated rings. The Kier molecular flexibility index (Phi) is 6.99. The van der Waals surface area contributed by atoms with Crippen LogP contribution in [0.2, 0.25) is 0 Å². The SMILES string of the molecule is CC(N)(C(=O)Nc1cccc(CN2CCCCC2=O)c1)c1ccccc1.Cl. The van der Waals surface area contributed by atoms with E-state index in [9.17, 15) is 9.59 Å². The minimum atomic E-state index is -1.12. The van der Waals surface area contributed by atoms with Crippen molar-refractivity contribution in [3.8, 4) is 0 Å². The molecule has 1 atom stereocenters. The number of nitrogens with two attached hydrogens (primary N) is 1. The van der Waals surface area contributed by atoms with Crippen LogP contribution in [0.4, 0.5) is 5.69 Å². The number of amides is 2. The largest absolute Gasteiger partial charge is 0.338 e. The summed E-state index contributed by atoms with van der Waals surface area (Å²) in [6.45, 7) is 3.07. The summed E-state index contributed by atoms with van der Waals surface area (Å²) in [6, 6.07) is 16.9. The molecule has 144 valence electrons. The molecule has 6 heteroatoms. The fourth-order valence-electron chi connectivity index (χ4n) is 3.17. The summed E-state index contributed by atoms with van der Waals surface area (Å²) in [5.41, 5.74) is 7.58. The van der Waals surface area contributed by atoms with E-state index in [0.717, 1.165) is 30.5 Å². The van der Waals surface area contributed by atoms with E-state index in [2.05, 4.69) is 5.32 Å². The highest BCUT2D eigenvalue weighted by Crippen LogP contribution is 2.21. The molecule has 3 N–H and O–H groups in total. The molecule has 2 aromatic rings. The number of likely N-dealkylation sites (tertiary alicyclic amines) is 1. The molecular formula is C21H26ClN3O2. The van der Waals surface area contributed by atoms with Gasteiger partial charge in [-0.3, -0.25) is 9.59 Å². The number of benzene rings is 2. The molecule has 0 radical (unpaired) electrons. The predicted molar refractivity (Wildman–Crippen MR) is 110 cm³/mol. The quantitative estimate of drug-likeness (QED) is 0.825. The second-order valence-corrected chi connectivity index (χ2v) is 7.00. The maximum absolute atomic E-state index is 12.7. The Balaban J connectivity index is 0.00000261. The lowest BCUT2D eigenvalue weighted by molar-refractivity contribution is -0.133. The first-order chi connectivity index (χ1) is 12.5. The highest BCUT2D eigenvalue weighted by molar-refractivity contribution is 5.98. The molecule has 27 heavy (non-hydrogen) atoms. The monoisotopic (exact) mass is 387 g/mol. The van der Waals surface area contributed by atoms with Crippen molar-refractivity contribution in [3.63, 3.8) is 0 Å². The van der Waals surface area contributed by atoms with Crippen LogP contribution in [-0.2, 0) is 21.7 Å². The van der Waals surface area contributed by atoms with Crippen molar-refractivity contribution in [3.05, 3.63) is 65.7 Å². The molecule has 1 unspecified atom stereocenters. The molecule has 1 aliphatic heterocycles. The zero-order valence-electron chi connectivity index (χ0n) is 15.5. The molecule has 1 heterocycles. The van der Waals surface area contributed by atoms with Gasteiger partial charge in [-0.2, -0.15) is 0 Å². The maximum atomic E-state index is 12.7. The highest BCUT2D eigenvalue weighted by atomic mass is 35.5. The zero-order valence-corrected chi connectivity index (χ0v) is 16.3. The molecule has 1 saturated heterocycles. The summed E-state index contributed by atoms with van der Waals surface area (Å²) in [7, 11) is 0. The fourth-order valence-corrected chi connectivity index (χ4v) is 3.17. The average molecular weight is 388 g/mol. The van der Waals surface area contributed by atoms with Crippen molar-refractivity contribution in [2.24, 2.45) is 5.73 Å². The third kappa shape index (κ3) is 5.08. The summed E-state index contributed by atoms with van der Waals surface area (Å²) >= 11 is 0. The summed E-state index contributed by atoms with van der Waals surface area (Å²) in [6.07, 6.45) is 2.64. The number of hydrogen-bond acceptors (Lipinski definition) is 3. The maximum Gasteiger partial charge on any atom is 0.248 e. The third-order valence-corrected chi connectivity index (χ3v) is 4.82. The Morgan fingerprint density at radius 3 is 2.59 bits per heavy atom. The zero-order chi connectivity index (χ0) is 18.6. The van der Waals surface area contributed by atoms with Crippen molar-refractivity contribution < 1.29 is 9.59 Å². The van der Waals surface area contributed by atoms with Gasteiger partial charge in [0.05, 0.1) is 0 Å². The van der Waals surface area contributed by atoms with Crippen molar-refractivity contribution in [1.82, 2.24) is 4.90 Å². The van der Waals surface area contributed by atoms with E-state index in [1.807, 2.05) is 59.5 Å². The topological polar surface area (TPSA) is 75.4 Å². The van der Waals surface area contributed by atoms with E-state index in [1.165, 1.54) is 0 Å². The van der Waals surface area contributed by atoms with Gasteiger partial charge in [-0.05, 0) is 43.0 Å². The van der Waals surface area contributed by atoms with Gasteiger partial charge in [0, 0.05) is 25.2 Å². The van der Waals surface area contributed by atoms with Crippen LogP contribution in [0.15, 0.2) is 54.6 Å². The summed E-state index contributed by atoms with van der Waals surface area (Å²) in [5, 5.41) is 2.90. The average Bonchev–Trinajstić information content (AvgIpc) is 2.64. The normalized spacial score (nSPS) is 16.2. The molecule has 3 rings (SSSR count). The first kappa shape index (κ1) is 20.9. The Bertz CT molecular complexity index is 793. The molecule has 0 saturated carbocycles. The van der Waals surface area contributed by atoms with Gasteiger partial charge in [-0.15, -0.1) is 12.4 Å². The van der Waals surface area contributed by atoms with Crippen molar-refractivity contribution >= 4 is 29.9 Å². The van der Waals surface area contributed by atoms with Crippen LogP contribution in [0.25, 0.3) is 0 Å². The summed E-state index contributed by atoms with van der Waals surface area (Å²) in [5.74, 6) is -0.0702. The van der Waals surface area contributed by atoms with Crippen LogP contribution in [0, 0.1) is 0 Å². The van der Waals surface area contributed by atoms with E-state index in [4.69, 9.17) is 5.73 Å². The minimum Gasteiger partial charge on any atom is -0.338 e. The molecule has 1 aliphatic rings. The van der Waals surface area contributed by atoms with Crippen LogP contribution in [0.1, 0.15) is 37.3 Å². The van der Waals surface area contributed by atoms with Gasteiger partial charge in [0.1, 0.15) is 5.54 Å². The molecule has 0 aromatic heterocycles. The molecule has 0 bridgehead atoms. The van der Waals surface area contributed by atoms with E-state index in [-0.39, 0.29) is 24.2 Å². The molecule has 0 spiro atoms. The van der Waals surface area contributed by atoms with E-state index in [0.29, 0.717) is 18.7 Å². The first-order valence-electron chi connectivity index (χ1n) is 8.99. The fraction of sp³-hybridized carbons (Fsp3) is 0.333. The Morgan fingerprint density at radius 1 is 1.15 bits per heavy atom. The standard InChI is InChI=1S/C21H25N3O2.ClH/c1-21(22,17-9-3-2-4-10-17)20(26)23-18-11-7-8-16(14-18)15-24-13-6-5-12-19(24)25;/h2-4,7-11,14H,5-6,12-13,15,22H2,1H3,(H,23,26);1H. The Hall–Kier alpha value is -2.37. The number of piperidine rings is 1. The second kappa shape index (κ2) is 9.02. The summed E-state index contributed by atoms with van der Waals surface area (Å²) < 4.78 is 0. The number of anilines is 1. The lowest BCUT2D eigenvalue weighted by Gasteiger charge is -2.27. The Morgan fingerprint density at radius 2 is 1.89 bits per heavy atom. The number of carbonyl (C=O) groups excluding carboxylic acids is 2. The number of carbonyl (C=O) groups is 2. The van der Waals surface area contributed by atoms with E-state index < -0.39 is 5.54 Å². The van der Waals surface area contributed by atoms with Gasteiger partial charge in [0.15, 0.2) is 0 Å². The van der Waals surface area contributed by atoms with Crippen molar-refractivity contribution in [2.75, 3.05) is 11.9 Å². The van der Waals surface area contributed by atoms with E-state index >= 15 is 0 Å². The lowest BCUT2D eigenvalue weighted by Crippen LogP contribution is -2.45. The first-order valence-corrected chi connectivity index (χ1v) is 8.99. The van der Waals surface area contributed by atoms with Crippen LogP contribution >= 0.6 is 12.4 Å². The van der Waals surface area contributed by atoms with Crippen molar-refractivity contribution in [2.45, 2.75) is 38.3 Å². The number of rotatable bonds is 5. The second-order valence-electron chi connectivity index (χ2n) is 7.00. The van der Waals surface area contributed by atoms with Crippen LogP contribution < -0.4 is 11.1 Å². The predicted octanol–water partition coefficient (Wildman–Crippen LogP) is 3.43. The van der Waals surface area contributed by atoms with Gasteiger partial charge in [0.2, 0.25) is 11.8 Å². The lowest BCUT2D eigenvalue weighted by atomic mass is 9.92. The van der Waals surface area contributed by atoms with Gasteiger partial charge >= 0.3 is 0 Å². The van der Waals surface area contributed by atoms with Crippen LogP contribution in [0.5, 0.6) is 0 Å². The van der Waals surface area contributed by atoms with Gasteiger partial charge in [0.25, 0.3) is 0 Å². The van der Waals surface area contributed by atoms with E-state index in [1.54, 1.807) is 6.92 Å². The van der Waals surface area contributed by atoms with Crippen LogP contribution in [-0.4, -0.2) is 23.3 Å². The third-order valence-electron chi connectivity index (χ3n) is 4.82. The number of hydrogen-bond donors (Lipinski definition) is 2. The van der Waals surface area contributed by atoms with Crippen LogP contribution in [0.3, 0.4) is 0 Å². The van der Waals surface area contributed by atoms with Crippen molar-refractivity contribution in [1.29, 1.82) is 0 Å². The minimum absolute atomic E-state index is 0. The number of nitrogens with zero attached hydrogens (tertiary/aromatic N) is 1. The van der Waals surface area contributed by atoms with Gasteiger partial charge in [-0.25, -0.2) is 0 Å². The smallest absolute Gasteiger partial charge is 0.248 e. The van der Waals surface area contributed by atoms with Gasteiger partial charge in [-0.1, -0.05) is 42.5 Å². The number of nitrogens with one attached hydrogen (secondary N) is 1. The van der Waals surface area contributed by atoms with Gasteiger partial charge < -0.3 is 16.0 Å².